The number of carboxylic acid groups (broad SMARTS) is 1. The van der Waals surface area contributed by atoms with Gasteiger partial charge in [-0.15, -0.1) is 0 Å². The van der Waals surface area contributed by atoms with Gasteiger partial charge >= 0.3 is 5.97 Å². The number of carbonyl (C=O) groups is 2. The third-order valence-electron chi connectivity index (χ3n) is 3.58. The number of amides is 1. The molecular weight excluding hydrogens is 254 g/mol. The molecule has 0 heterocycles. The fourth-order valence-corrected chi connectivity index (χ4v) is 1.94. The Morgan fingerprint density at radius 2 is 1.85 bits per heavy atom. The quantitative estimate of drug-likeness (QED) is 0.753. The second kappa shape index (κ2) is 7.08. The standard InChI is InChI=1S/C16H23NO3/c1-12(14(18)19)8-7-11-17-15(20)16(2,3)13-9-5-4-6-10-13/h4-6,9-10,12H,7-8,11H2,1-3H3,(H,17,20)(H,18,19). The second-order valence-electron chi connectivity index (χ2n) is 5.63. The highest BCUT2D eigenvalue weighted by Crippen LogP contribution is 2.22. The Labute approximate surface area is 120 Å². The zero-order valence-electron chi connectivity index (χ0n) is 12.3. The van der Waals surface area contributed by atoms with Crippen LogP contribution in [0.5, 0.6) is 0 Å². The Morgan fingerprint density at radius 1 is 1.25 bits per heavy atom. The van der Waals surface area contributed by atoms with Crippen LogP contribution in [0.15, 0.2) is 30.3 Å². The highest BCUT2D eigenvalue weighted by molar-refractivity contribution is 5.87. The van der Waals surface area contributed by atoms with Gasteiger partial charge in [-0.25, -0.2) is 0 Å². The first-order valence-electron chi connectivity index (χ1n) is 6.92. The molecule has 4 nitrogen and oxygen atoms in total. The summed E-state index contributed by atoms with van der Waals surface area (Å²) in [4.78, 5) is 22.9. The predicted octanol–water partition coefficient (Wildman–Crippen LogP) is 2.58. The van der Waals surface area contributed by atoms with E-state index in [2.05, 4.69) is 5.32 Å². The summed E-state index contributed by atoms with van der Waals surface area (Å²) in [5.41, 5.74) is 0.385. The molecule has 20 heavy (non-hydrogen) atoms. The monoisotopic (exact) mass is 277 g/mol. The minimum absolute atomic E-state index is 0.0355. The molecule has 0 spiro atoms. The summed E-state index contributed by atoms with van der Waals surface area (Å²) >= 11 is 0. The number of carbonyl (C=O) groups excluding carboxylic acids is 1. The average Bonchev–Trinajstić information content (AvgIpc) is 2.43. The van der Waals surface area contributed by atoms with E-state index in [1.165, 1.54) is 0 Å². The van der Waals surface area contributed by atoms with Gasteiger partial charge in [0.05, 0.1) is 11.3 Å². The topological polar surface area (TPSA) is 66.4 Å². The second-order valence-corrected chi connectivity index (χ2v) is 5.63. The molecule has 0 saturated carbocycles. The third-order valence-corrected chi connectivity index (χ3v) is 3.58. The van der Waals surface area contributed by atoms with E-state index < -0.39 is 11.4 Å². The van der Waals surface area contributed by atoms with Crippen LogP contribution in [0.4, 0.5) is 0 Å². The SMILES string of the molecule is CC(CCCNC(=O)C(C)(C)c1ccccc1)C(=O)O. The molecule has 0 aliphatic carbocycles. The largest absolute Gasteiger partial charge is 0.481 e. The van der Waals surface area contributed by atoms with Crippen molar-refractivity contribution < 1.29 is 14.7 Å². The molecule has 1 rings (SSSR count). The van der Waals surface area contributed by atoms with Gasteiger partial charge in [0.2, 0.25) is 5.91 Å². The molecule has 1 aromatic carbocycles. The maximum atomic E-state index is 12.2. The van der Waals surface area contributed by atoms with Crippen LogP contribution < -0.4 is 5.32 Å². The summed E-state index contributed by atoms with van der Waals surface area (Å²) in [6, 6.07) is 9.63. The molecule has 2 N–H and O–H groups in total. The van der Waals surface area contributed by atoms with E-state index in [1.54, 1.807) is 6.92 Å². The summed E-state index contributed by atoms with van der Waals surface area (Å²) in [7, 11) is 0. The van der Waals surface area contributed by atoms with Crippen molar-refractivity contribution in [3.8, 4) is 0 Å². The summed E-state index contributed by atoms with van der Waals surface area (Å²) in [6.07, 6.45) is 1.24. The highest BCUT2D eigenvalue weighted by atomic mass is 16.4. The van der Waals surface area contributed by atoms with E-state index in [4.69, 9.17) is 5.11 Å². The molecule has 0 radical (unpaired) electrons. The molecule has 1 unspecified atom stereocenters. The number of hydrogen-bond donors (Lipinski definition) is 2. The maximum Gasteiger partial charge on any atom is 0.306 e. The predicted molar refractivity (Wildman–Crippen MR) is 78.5 cm³/mol. The van der Waals surface area contributed by atoms with Crippen LogP contribution in [0.2, 0.25) is 0 Å². The van der Waals surface area contributed by atoms with Crippen LogP contribution in [-0.4, -0.2) is 23.5 Å². The summed E-state index contributed by atoms with van der Waals surface area (Å²) < 4.78 is 0. The van der Waals surface area contributed by atoms with Crippen LogP contribution in [-0.2, 0) is 15.0 Å². The molecule has 110 valence electrons. The number of rotatable bonds is 7. The van der Waals surface area contributed by atoms with Gasteiger partial charge in [-0.05, 0) is 32.3 Å². The highest BCUT2D eigenvalue weighted by Gasteiger charge is 2.29. The van der Waals surface area contributed by atoms with E-state index >= 15 is 0 Å². The lowest BCUT2D eigenvalue weighted by atomic mass is 9.84. The lowest BCUT2D eigenvalue weighted by Crippen LogP contribution is -2.40. The van der Waals surface area contributed by atoms with Gasteiger partial charge in [0.25, 0.3) is 0 Å². The van der Waals surface area contributed by atoms with Crippen molar-refractivity contribution in [3.63, 3.8) is 0 Å². The van der Waals surface area contributed by atoms with E-state index in [-0.39, 0.29) is 11.8 Å². The van der Waals surface area contributed by atoms with Crippen molar-refractivity contribution in [1.29, 1.82) is 0 Å². The van der Waals surface area contributed by atoms with Crippen molar-refractivity contribution in [1.82, 2.24) is 5.32 Å². The Hall–Kier alpha value is -1.84. The number of benzene rings is 1. The first-order chi connectivity index (χ1) is 9.35. The van der Waals surface area contributed by atoms with E-state index in [0.717, 1.165) is 5.56 Å². The minimum atomic E-state index is -0.791. The molecule has 0 saturated heterocycles. The van der Waals surface area contributed by atoms with Crippen molar-refractivity contribution in [2.45, 2.75) is 39.0 Å². The molecule has 0 aliphatic heterocycles. The Balaban J connectivity index is 2.45. The average molecular weight is 277 g/mol. The molecule has 0 fully saturated rings. The van der Waals surface area contributed by atoms with Gasteiger partial charge in [-0.2, -0.15) is 0 Å². The zero-order valence-corrected chi connectivity index (χ0v) is 12.3. The summed E-state index contributed by atoms with van der Waals surface area (Å²) in [5.74, 6) is -1.19. The molecule has 0 bridgehead atoms. The Morgan fingerprint density at radius 3 is 2.40 bits per heavy atom. The van der Waals surface area contributed by atoms with Crippen LogP contribution in [0.25, 0.3) is 0 Å². The fourth-order valence-electron chi connectivity index (χ4n) is 1.94. The van der Waals surface area contributed by atoms with Crippen LogP contribution in [0.1, 0.15) is 39.2 Å². The normalized spacial score (nSPS) is 12.8. The van der Waals surface area contributed by atoms with Gasteiger partial charge in [0.15, 0.2) is 0 Å². The summed E-state index contributed by atoms with van der Waals surface area (Å²) in [6.45, 7) is 5.96. The van der Waals surface area contributed by atoms with Crippen LogP contribution in [0, 0.1) is 5.92 Å². The van der Waals surface area contributed by atoms with Crippen molar-refractivity contribution in [2.75, 3.05) is 6.54 Å². The molecule has 0 aliphatic rings. The van der Waals surface area contributed by atoms with Gasteiger partial charge in [-0.3, -0.25) is 9.59 Å². The molecule has 1 amide bonds. The number of hydrogen-bond acceptors (Lipinski definition) is 2. The Bertz CT molecular complexity index is 454. The van der Waals surface area contributed by atoms with Crippen LogP contribution >= 0.6 is 0 Å². The smallest absolute Gasteiger partial charge is 0.306 e. The molecule has 1 atom stereocenters. The van der Waals surface area contributed by atoms with E-state index in [9.17, 15) is 9.59 Å². The third kappa shape index (κ3) is 4.37. The van der Waals surface area contributed by atoms with Gasteiger partial charge in [0, 0.05) is 6.54 Å². The number of nitrogens with one attached hydrogen (secondary N) is 1. The van der Waals surface area contributed by atoms with E-state index in [0.29, 0.717) is 19.4 Å². The maximum absolute atomic E-state index is 12.2. The van der Waals surface area contributed by atoms with Crippen molar-refractivity contribution >= 4 is 11.9 Å². The lowest BCUT2D eigenvalue weighted by molar-refractivity contribution is -0.141. The van der Waals surface area contributed by atoms with Gasteiger partial charge in [0.1, 0.15) is 0 Å². The number of carboxylic acids is 1. The summed E-state index contributed by atoms with van der Waals surface area (Å²) in [5, 5.41) is 11.7. The molecule has 0 aromatic heterocycles. The molecule has 4 heteroatoms. The molecular formula is C16H23NO3. The van der Waals surface area contributed by atoms with E-state index in [1.807, 2.05) is 44.2 Å². The lowest BCUT2D eigenvalue weighted by Gasteiger charge is -2.24. The van der Waals surface area contributed by atoms with Gasteiger partial charge in [-0.1, -0.05) is 37.3 Å². The van der Waals surface area contributed by atoms with Crippen molar-refractivity contribution in [3.05, 3.63) is 35.9 Å². The van der Waals surface area contributed by atoms with Crippen molar-refractivity contribution in [2.24, 2.45) is 5.92 Å². The minimum Gasteiger partial charge on any atom is -0.481 e. The Kier molecular flexibility index (Phi) is 5.74. The van der Waals surface area contributed by atoms with Gasteiger partial charge < -0.3 is 10.4 Å². The first kappa shape index (κ1) is 16.2. The number of aliphatic carboxylic acids is 1. The van der Waals surface area contributed by atoms with Crippen LogP contribution in [0.3, 0.4) is 0 Å². The molecule has 1 aromatic rings. The first-order valence-corrected chi connectivity index (χ1v) is 6.92. The fraction of sp³-hybridized carbons (Fsp3) is 0.500. The zero-order chi connectivity index (χ0) is 15.2.